The molecule has 9 aromatic rings. The molecule has 4 saturated carbocycles. The van der Waals surface area contributed by atoms with Crippen molar-refractivity contribution in [3.8, 4) is 0 Å². The lowest BCUT2D eigenvalue weighted by atomic mass is 9.34. The average molecular weight is 613 g/mol. The monoisotopic (exact) mass is 612 g/mol. The second kappa shape index (κ2) is 8.94. The fourth-order valence-corrected chi connectivity index (χ4v) is 12.5. The number of rotatable bonds is 3. The second-order valence-electron chi connectivity index (χ2n) is 15.7. The zero-order valence-corrected chi connectivity index (χ0v) is 27.0. The standard InChI is InChI=1S/C48H36/c1-2-10-37(11-3-1)47-27-29-24-30(28-47)26-38(25-29)48(47,41-22-18-35-14-12-31-6-4-8-33-16-20-39(41)45(35)43(31)33)42-23-19-36-15-13-32-7-5-9-34-17-21-40(42)46(36)44(32)34/h1-23,29-30,38H,24-28H2. The third-order valence-electron chi connectivity index (χ3n) is 13.8. The van der Waals surface area contributed by atoms with E-state index in [9.17, 15) is 0 Å². The van der Waals surface area contributed by atoms with Gasteiger partial charge in [0.15, 0.2) is 0 Å². The van der Waals surface area contributed by atoms with Gasteiger partial charge in [0.1, 0.15) is 0 Å². The number of hydrogen-bond acceptors (Lipinski definition) is 0. The van der Waals surface area contributed by atoms with Gasteiger partial charge in [0.2, 0.25) is 0 Å². The Labute approximate surface area is 280 Å². The first-order valence-corrected chi connectivity index (χ1v) is 18.1. The van der Waals surface area contributed by atoms with Crippen LogP contribution in [0, 0.1) is 17.8 Å². The molecule has 228 valence electrons. The minimum atomic E-state index is -0.160. The van der Waals surface area contributed by atoms with E-state index in [1.807, 2.05) is 0 Å². The highest BCUT2D eigenvalue weighted by Crippen LogP contribution is 2.72. The third kappa shape index (κ3) is 3.01. The molecule has 48 heavy (non-hydrogen) atoms. The van der Waals surface area contributed by atoms with Crippen molar-refractivity contribution in [1.82, 2.24) is 0 Å². The maximum absolute atomic E-state index is 2.59. The quantitative estimate of drug-likeness (QED) is 0.174. The van der Waals surface area contributed by atoms with Gasteiger partial charge < -0.3 is 0 Å². The third-order valence-corrected chi connectivity index (χ3v) is 13.8. The van der Waals surface area contributed by atoms with Crippen LogP contribution < -0.4 is 0 Å². The van der Waals surface area contributed by atoms with Gasteiger partial charge in [-0.05, 0) is 131 Å². The van der Waals surface area contributed by atoms with E-state index < -0.39 is 0 Å². The molecule has 2 atom stereocenters. The summed E-state index contributed by atoms with van der Waals surface area (Å²) in [5.74, 6) is 2.19. The molecule has 0 saturated heterocycles. The summed E-state index contributed by atoms with van der Waals surface area (Å²) in [5, 5.41) is 16.8. The van der Waals surface area contributed by atoms with E-state index in [1.165, 1.54) is 96.7 Å². The van der Waals surface area contributed by atoms with Gasteiger partial charge in [0.05, 0.1) is 0 Å². The Bertz CT molecular complexity index is 2540. The van der Waals surface area contributed by atoms with Crippen LogP contribution in [0.15, 0.2) is 140 Å². The molecule has 4 bridgehead atoms. The normalized spacial score (nSPS) is 24.7. The molecule has 4 fully saturated rings. The van der Waals surface area contributed by atoms with Crippen molar-refractivity contribution in [2.24, 2.45) is 17.8 Å². The SMILES string of the molecule is c1ccc(C23CC4CC(CC(C4)C2(c2ccc4ccc5cccc6ccc2c4c56)c2ccc4ccc5cccc6ccc2c4c56)C3)cc1. The van der Waals surface area contributed by atoms with Gasteiger partial charge in [-0.3, -0.25) is 0 Å². The Morgan fingerprint density at radius 3 is 1.31 bits per heavy atom. The fourth-order valence-electron chi connectivity index (χ4n) is 12.5. The highest BCUT2D eigenvalue weighted by Gasteiger charge is 2.67. The maximum Gasteiger partial charge on any atom is 0.0340 e. The first kappa shape index (κ1) is 26.1. The fraction of sp³-hybridized carbons (Fsp3) is 0.208. The van der Waals surface area contributed by atoms with Crippen LogP contribution in [0.1, 0.15) is 48.8 Å². The molecule has 0 nitrogen and oxygen atoms in total. The van der Waals surface area contributed by atoms with Gasteiger partial charge in [-0.25, -0.2) is 0 Å². The summed E-state index contributed by atoms with van der Waals surface area (Å²) in [7, 11) is 0. The van der Waals surface area contributed by atoms with Crippen LogP contribution in [0.4, 0.5) is 0 Å². The number of benzene rings is 9. The molecule has 0 spiro atoms. The Kier molecular flexibility index (Phi) is 4.85. The molecule has 13 rings (SSSR count). The highest BCUT2D eigenvalue weighted by atomic mass is 14.7. The van der Waals surface area contributed by atoms with Crippen LogP contribution in [0.5, 0.6) is 0 Å². The molecule has 0 amide bonds. The summed E-state index contributed by atoms with van der Waals surface area (Å²) in [6.07, 6.45) is 6.62. The Morgan fingerprint density at radius 1 is 0.375 bits per heavy atom. The molecular weight excluding hydrogens is 577 g/mol. The van der Waals surface area contributed by atoms with Crippen LogP contribution in [-0.4, -0.2) is 0 Å². The van der Waals surface area contributed by atoms with Crippen molar-refractivity contribution in [2.45, 2.75) is 42.9 Å². The van der Waals surface area contributed by atoms with Crippen molar-refractivity contribution in [3.63, 3.8) is 0 Å². The van der Waals surface area contributed by atoms with Crippen molar-refractivity contribution in [3.05, 3.63) is 156 Å². The molecule has 0 heteroatoms. The molecule has 0 N–H and O–H groups in total. The summed E-state index contributed by atoms with van der Waals surface area (Å²) >= 11 is 0. The van der Waals surface area contributed by atoms with E-state index in [0.717, 1.165) is 11.8 Å². The van der Waals surface area contributed by atoms with Gasteiger partial charge in [0, 0.05) is 10.8 Å². The molecule has 4 aliphatic rings. The van der Waals surface area contributed by atoms with Crippen LogP contribution in [-0.2, 0) is 10.8 Å². The van der Waals surface area contributed by atoms with Crippen molar-refractivity contribution in [2.75, 3.05) is 0 Å². The first-order valence-electron chi connectivity index (χ1n) is 18.1. The van der Waals surface area contributed by atoms with Gasteiger partial charge >= 0.3 is 0 Å². The minimum absolute atomic E-state index is 0.0226. The zero-order chi connectivity index (χ0) is 31.2. The van der Waals surface area contributed by atoms with Gasteiger partial charge in [-0.15, -0.1) is 0 Å². The van der Waals surface area contributed by atoms with E-state index in [-0.39, 0.29) is 10.8 Å². The maximum atomic E-state index is 2.59. The largest absolute Gasteiger partial charge is 0.0622 e. The van der Waals surface area contributed by atoms with Gasteiger partial charge in [0.25, 0.3) is 0 Å². The number of hydrogen-bond donors (Lipinski definition) is 0. The van der Waals surface area contributed by atoms with Crippen LogP contribution >= 0.6 is 0 Å². The summed E-state index contributed by atoms with van der Waals surface area (Å²) in [6.45, 7) is 0. The van der Waals surface area contributed by atoms with Crippen molar-refractivity contribution >= 4 is 64.6 Å². The molecule has 4 aliphatic carbocycles. The summed E-state index contributed by atoms with van der Waals surface area (Å²) in [6, 6.07) is 54.8. The minimum Gasteiger partial charge on any atom is -0.0622 e. The topological polar surface area (TPSA) is 0 Å². The lowest BCUT2D eigenvalue weighted by molar-refractivity contribution is -0.0660. The van der Waals surface area contributed by atoms with Gasteiger partial charge in [-0.2, -0.15) is 0 Å². The second-order valence-corrected chi connectivity index (χ2v) is 15.7. The lowest BCUT2D eigenvalue weighted by Crippen LogP contribution is -2.65. The van der Waals surface area contributed by atoms with E-state index >= 15 is 0 Å². The van der Waals surface area contributed by atoms with Crippen LogP contribution in [0.25, 0.3) is 64.6 Å². The first-order chi connectivity index (χ1) is 23.7. The molecular formula is C48H36. The van der Waals surface area contributed by atoms with Gasteiger partial charge in [-0.1, -0.05) is 140 Å². The molecule has 9 aromatic carbocycles. The predicted octanol–water partition coefficient (Wildman–Crippen LogP) is 12.5. The molecule has 0 aromatic heterocycles. The highest BCUT2D eigenvalue weighted by molar-refractivity contribution is 6.25. The van der Waals surface area contributed by atoms with E-state index in [4.69, 9.17) is 0 Å². The van der Waals surface area contributed by atoms with Crippen LogP contribution in [0.3, 0.4) is 0 Å². The zero-order valence-electron chi connectivity index (χ0n) is 27.0. The molecule has 0 heterocycles. The summed E-state index contributed by atoms with van der Waals surface area (Å²) < 4.78 is 0. The Balaban J connectivity index is 1.30. The molecule has 0 aliphatic heterocycles. The average Bonchev–Trinajstić information content (AvgIpc) is 3.13. The van der Waals surface area contributed by atoms with Crippen LogP contribution in [0.2, 0.25) is 0 Å². The molecule has 0 radical (unpaired) electrons. The summed E-state index contributed by atoms with van der Waals surface area (Å²) in [5.41, 5.74) is 4.55. The Morgan fingerprint density at radius 2 is 0.812 bits per heavy atom. The van der Waals surface area contributed by atoms with E-state index in [1.54, 1.807) is 16.7 Å². The smallest absolute Gasteiger partial charge is 0.0340 e. The summed E-state index contributed by atoms with van der Waals surface area (Å²) in [4.78, 5) is 0. The molecule has 2 unspecified atom stereocenters. The lowest BCUT2D eigenvalue weighted by Gasteiger charge is -2.69. The van der Waals surface area contributed by atoms with Crippen molar-refractivity contribution in [1.29, 1.82) is 0 Å². The predicted molar refractivity (Wildman–Crippen MR) is 203 cm³/mol. The van der Waals surface area contributed by atoms with E-state index in [2.05, 4.69) is 140 Å². The van der Waals surface area contributed by atoms with Crippen molar-refractivity contribution < 1.29 is 0 Å². The van der Waals surface area contributed by atoms with E-state index in [0.29, 0.717) is 5.92 Å². The Hall–Kier alpha value is -4.94.